The fourth-order valence-corrected chi connectivity index (χ4v) is 8.50. The van der Waals surface area contributed by atoms with Crippen LogP contribution in [0.3, 0.4) is 0 Å². The zero-order chi connectivity index (χ0) is 20.1. The normalized spacial score (nSPS) is 26.9. The third kappa shape index (κ3) is 5.88. The van der Waals surface area contributed by atoms with Crippen LogP contribution in [0.2, 0.25) is 0 Å². The molecule has 4 atom stereocenters. The van der Waals surface area contributed by atoms with Gasteiger partial charge in [-0.3, -0.25) is 0 Å². The maximum atomic E-state index is 10.3. The number of rotatable bonds is 10. The summed E-state index contributed by atoms with van der Waals surface area (Å²) in [4.78, 5) is 0. The molecule has 4 unspecified atom stereocenters. The maximum Gasteiger partial charge on any atom is 0.119 e. The molecule has 0 saturated carbocycles. The summed E-state index contributed by atoms with van der Waals surface area (Å²) in [7, 11) is 0. The average Bonchev–Trinajstić information content (AvgIpc) is 2.59. The summed E-state index contributed by atoms with van der Waals surface area (Å²) >= 11 is 4.64. The van der Waals surface area contributed by atoms with Gasteiger partial charge in [0.25, 0.3) is 0 Å². The van der Waals surface area contributed by atoms with Gasteiger partial charge in [-0.15, -0.1) is 0 Å². The van der Waals surface area contributed by atoms with E-state index in [1.165, 1.54) is 63.4 Å². The molecule has 1 aromatic rings. The maximum absolute atomic E-state index is 10.3. The molecule has 0 aliphatic carbocycles. The van der Waals surface area contributed by atoms with E-state index in [4.69, 9.17) is 0 Å². The van der Waals surface area contributed by atoms with Crippen molar-refractivity contribution < 1.29 is 5.11 Å². The molecule has 158 valence electrons. The van der Waals surface area contributed by atoms with Crippen molar-refractivity contribution in [2.75, 3.05) is 0 Å². The van der Waals surface area contributed by atoms with Gasteiger partial charge in [0.2, 0.25) is 0 Å². The highest BCUT2D eigenvalue weighted by atomic mass is 32.2. The molecule has 3 heterocycles. The monoisotopic (exact) mass is 420 g/mol. The summed E-state index contributed by atoms with van der Waals surface area (Å²) in [5.41, 5.74) is 2.34. The Kier molecular flexibility index (Phi) is 8.13. The van der Waals surface area contributed by atoms with Crippen LogP contribution in [-0.2, 0) is 11.8 Å². The number of benzene rings is 1. The van der Waals surface area contributed by atoms with Gasteiger partial charge < -0.3 is 5.11 Å². The van der Waals surface area contributed by atoms with Crippen molar-refractivity contribution in [2.45, 2.75) is 118 Å². The SMILES string of the molecule is CCCC1SC(CCCCCCCc2ccc(C(C)(C)C)c(O)c2)C2CC1S2. The lowest BCUT2D eigenvalue weighted by atomic mass is 9.85. The zero-order valence-electron chi connectivity index (χ0n) is 18.4. The van der Waals surface area contributed by atoms with Gasteiger partial charge in [-0.1, -0.05) is 71.9 Å². The fraction of sp³-hybridized carbons (Fsp3) is 0.760. The molecule has 1 N–H and O–H groups in total. The number of thioether (sulfide) groups is 2. The number of phenols is 1. The van der Waals surface area contributed by atoms with Crippen LogP contribution in [0.15, 0.2) is 18.2 Å². The van der Waals surface area contributed by atoms with Gasteiger partial charge in [0.1, 0.15) is 5.75 Å². The highest BCUT2D eigenvalue weighted by Crippen LogP contribution is 2.55. The Hall–Kier alpha value is -0.280. The number of hydrogen-bond acceptors (Lipinski definition) is 3. The predicted molar refractivity (Wildman–Crippen MR) is 128 cm³/mol. The highest BCUT2D eigenvalue weighted by Gasteiger charge is 2.46. The topological polar surface area (TPSA) is 20.2 Å². The first kappa shape index (κ1) is 22.4. The predicted octanol–water partition coefficient (Wildman–Crippen LogP) is 7.73. The Labute approximate surface area is 181 Å². The molecule has 0 aromatic heterocycles. The minimum absolute atomic E-state index is 0.00862. The van der Waals surface area contributed by atoms with E-state index in [1.807, 2.05) is 6.07 Å². The molecule has 0 amide bonds. The average molecular weight is 421 g/mol. The van der Waals surface area contributed by atoms with Gasteiger partial charge in [-0.05, 0) is 54.7 Å². The van der Waals surface area contributed by atoms with Crippen LogP contribution in [0.25, 0.3) is 0 Å². The van der Waals surface area contributed by atoms with Crippen LogP contribution < -0.4 is 0 Å². The van der Waals surface area contributed by atoms with Crippen molar-refractivity contribution >= 4 is 23.5 Å². The standard InChI is InChI=1S/C25H40OS2/c1-5-11-21-23-17-24(28-23)22(27-21)13-10-8-6-7-9-12-18-14-15-19(20(26)16-18)25(2,3)4/h14-16,21-24,26H,5-13,17H2,1-4H3. The van der Waals surface area contributed by atoms with E-state index in [-0.39, 0.29) is 5.41 Å². The molecule has 1 nitrogen and oxygen atoms in total. The van der Waals surface area contributed by atoms with Crippen molar-refractivity contribution in [3.63, 3.8) is 0 Å². The molecule has 3 aliphatic heterocycles. The number of fused-ring (bicyclic) bond motifs is 2. The number of unbranched alkanes of at least 4 members (excludes halogenated alkanes) is 4. The van der Waals surface area contributed by atoms with Gasteiger partial charge in [0.15, 0.2) is 0 Å². The molecular formula is C25H40OS2. The van der Waals surface area contributed by atoms with Crippen LogP contribution >= 0.6 is 23.5 Å². The van der Waals surface area contributed by atoms with Crippen LogP contribution in [0.1, 0.15) is 96.6 Å². The van der Waals surface area contributed by atoms with Gasteiger partial charge in [0.05, 0.1) is 0 Å². The van der Waals surface area contributed by atoms with Gasteiger partial charge in [-0.25, -0.2) is 0 Å². The Morgan fingerprint density at radius 2 is 1.57 bits per heavy atom. The van der Waals surface area contributed by atoms with E-state index in [2.05, 4.69) is 63.4 Å². The third-order valence-electron chi connectivity index (χ3n) is 6.39. The number of phenolic OH excluding ortho intramolecular Hbond substituents is 1. The minimum Gasteiger partial charge on any atom is -0.508 e. The second-order valence-electron chi connectivity index (χ2n) is 9.86. The first-order valence-corrected chi connectivity index (χ1v) is 13.4. The fourth-order valence-electron chi connectivity index (χ4n) is 4.69. The van der Waals surface area contributed by atoms with Gasteiger partial charge in [-0.2, -0.15) is 23.5 Å². The Morgan fingerprint density at radius 3 is 2.21 bits per heavy atom. The Balaban J connectivity index is 1.28. The number of aryl methyl sites for hydroxylation is 1. The van der Waals surface area contributed by atoms with Crippen molar-refractivity contribution in [3.8, 4) is 5.75 Å². The summed E-state index contributed by atoms with van der Waals surface area (Å²) in [5.74, 6) is 0.465. The van der Waals surface area contributed by atoms with E-state index in [0.29, 0.717) is 5.75 Å². The Bertz CT molecular complexity index is 615. The lowest BCUT2D eigenvalue weighted by Crippen LogP contribution is -2.47. The van der Waals surface area contributed by atoms with Crippen molar-refractivity contribution in [1.82, 2.24) is 0 Å². The molecule has 3 fully saturated rings. The van der Waals surface area contributed by atoms with E-state index in [1.54, 1.807) is 0 Å². The van der Waals surface area contributed by atoms with Gasteiger partial charge >= 0.3 is 0 Å². The minimum atomic E-state index is 0.00862. The lowest BCUT2D eigenvalue weighted by molar-refractivity contribution is 0.445. The van der Waals surface area contributed by atoms with E-state index >= 15 is 0 Å². The second kappa shape index (κ2) is 10.2. The summed E-state index contributed by atoms with van der Waals surface area (Å²) in [6.45, 7) is 8.80. The summed E-state index contributed by atoms with van der Waals surface area (Å²) in [6.07, 6.45) is 13.6. The summed E-state index contributed by atoms with van der Waals surface area (Å²) in [6, 6.07) is 6.30. The first-order chi connectivity index (χ1) is 13.4. The molecule has 4 rings (SSSR count). The van der Waals surface area contributed by atoms with Crippen LogP contribution in [-0.4, -0.2) is 26.1 Å². The molecule has 3 aliphatic rings. The number of hydrogen-bond donors (Lipinski definition) is 1. The van der Waals surface area contributed by atoms with E-state index in [0.717, 1.165) is 33.0 Å². The summed E-state index contributed by atoms with van der Waals surface area (Å²) in [5, 5.41) is 14.2. The quantitative estimate of drug-likeness (QED) is 0.391. The Morgan fingerprint density at radius 1 is 0.929 bits per heavy atom. The second-order valence-corrected chi connectivity index (χ2v) is 12.8. The summed E-state index contributed by atoms with van der Waals surface area (Å²) < 4.78 is 0. The zero-order valence-corrected chi connectivity index (χ0v) is 20.0. The molecule has 1 aromatic carbocycles. The smallest absolute Gasteiger partial charge is 0.119 e. The molecule has 0 radical (unpaired) electrons. The van der Waals surface area contributed by atoms with Crippen molar-refractivity contribution in [3.05, 3.63) is 29.3 Å². The third-order valence-corrected chi connectivity index (χ3v) is 10.3. The molecular weight excluding hydrogens is 380 g/mol. The van der Waals surface area contributed by atoms with Crippen LogP contribution in [0.5, 0.6) is 5.75 Å². The van der Waals surface area contributed by atoms with Crippen molar-refractivity contribution in [1.29, 1.82) is 0 Å². The molecule has 2 bridgehead atoms. The van der Waals surface area contributed by atoms with E-state index < -0.39 is 0 Å². The molecule has 3 saturated heterocycles. The van der Waals surface area contributed by atoms with Crippen LogP contribution in [0, 0.1) is 0 Å². The van der Waals surface area contributed by atoms with Gasteiger partial charge in [0, 0.05) is 21.0 Å². The van der Waals surface area contributed by atoms with E-state index in [9.17, 15) is 5.11 Å². The van der Waals surface area contributed by atoms with Crippen LogP contribution in [0.4, 0.5) is 0 Å². The number of aromatic hydroxyl groups is 1. The molecule has 3 heteroatoms. The largest absolute Gasteiger partial charge is 0.508 e. The molecule has 0 spiro atoms. The molecule has 28 heavy (non-hydrogen) atoms. The first-order valence-electron chi connectivity index (χ1n) is 11.5. The van der Waals surface area contributed by atoms with Crippen molar-refractivity contribution in [2.24, 2.45) is 0 Å². The highest BCUT2D eigenvalue weighted by molar-refractivity contribution is 8.08. The lowest BCUT2D eigenvalue weighted by Gasteiger charge is -2.50.